The van der Waals surface area contributed by atoms with Gasteiger partial charge in [0.2, 0.25) is 0 Å². The number of amides is 1. The molecule has 0 fully saturated rings. The van der Waals surface area contributed by atoms with Crippen LogP contribution in [0.25, 0.3) is 0 Å². The smallest absolute Gasteiger partial charge is 0.324 e. The van der Waals surface area contributed by atoms with Crippen LogP contribution in [0.4, 0.5) is 5.00 Å². The zero-order valence-electron chi connectivity index (χ0n) is 10.2. The molecule has 1 aromatic heterocycles. The Morgan fingerprint density at radius 2 is 2.22 bits per heavy atom. The number of carbonyl (C=O) groups excluding carboxylic acids is 1. The highest BCUT2D eigenvalue weighted by Crippen LogP contribution is 2.23. The van der Waals surface area contributed by atoms with Gasteiger partial charge in [0.05, 0.1) is 9.80 Å². The molecule has 0 spiro atoms. The highest BCUT2D eigenvalue weighted by Gasteiger charge is 2.16. The molecular weight excluding hydrogens is 320 g/mol. The number of hydrogen-bond acceptors (Lipinski definition) is 4. The molecule has 1 heterocycles. The highest BCUT2D eigenvalue weighted by atomic mass is 79.9. The van der Waals surface area contributed by atoms with Crippen LogP contribution >= 0.6 is 27.3 Å². The van der Waals surface area contributed by atoms with Gasteiger partial charge in [-0.25, -0.2) is 0 Å². The Morgan fingerprint density at radius 1 is 1.56 bits per heavy atom. The van der Waals surface area contributed by atoms with Gasteiger partial charge in [-0.15, -0.1) is 0 Å². The third kappa shape index (κ3) is 4.73. The third-order valence-electron chi connectivity index (χ3n) is 2.21. The predicted molar refractivity (Wildman–Crippen MR) is 75.5 cm³/mol. The van der Waals surface area contributed by atoms with Crippen LogP contribution in [-0.4, -0.2) is 22.2 Å². The second-order valence-electron chi connectivity index (χ2n) is 4.33. The fraction of sp³-hybridized carbons (Fsp3) is 0.545. The number of nitrogens with one attached hydrogen (secondary N) is 1. The molecule has 7 heteroatoms. The van der Waals surface area contributed by atoms with Crippen LogP contribution in [0, 0.1) is 16.0 Å². The number of carbonyl (C=O) groups is 1. The van der Waals surface area contributed by atoms with Crippen LogP contribution in [0.15, 0.2) is 12.1 Å². The van der Waals surface area contributed by atoms with Crippen molar-refractivity contribution in [2.24, 2.45) is 5.92 Å². The molecule has 1 unspecified atom stereocenters. The summed E-state index contributed by atoms with van der Waals surface area (Å²) in [6.07, 6.45) is 0.963. The first kappa shape index (κ1) is 15.1. The molecule has 0 aromatic carbocycles. The molecule has 5 nitrogen and oxygen atoms in total. The van der Waals surface area contributed by atoms with E-state index in [1.165, 1.54) is 12.1 Å². The van der Waals surface area contributed by atoms with E-state index in [1.54, 1.807) is 0 Å². The van der Waals surface area contributed by atoms with Gasteiger partial charge in [0.15, 0.2) is 0 Å². The molecule has 100 valence electrons. The summed E-state index contributed by atoms with van der Waals surface area (Å²) >= 11 is 4.38. The molecule has 1 rings (SSSR count). The van der Waals surface area contributed by atoms with Gasteiger partial charge in [-0.05, 0) is 18.4 Å². The third-order valence-corrected chi connectivity index (χ3v) is 3.94. The van der Waals surface area contributed by atoms with E-state index in [2.05, 4.69) is 35.1 Å². The quantitative estimate of drug-likeness (QED) is 0.493. The lowest BCUT2D eigenvalue weighted by atomic mass is 10.1. The number of rotatable bonds is 6. The lowest BCUT2D eigenvalue weighted by Crippen LogP contribution is -2.29. The zero-order chi connectivity index (χ0) is 13.7. The van der Waals surface area contributed by atoms with Crippen molar-refractivity contribution in [1.82, 2.24) is 5.32 Å². The average molecular weight is 335 g/mol. The minimum absolute atomic E-state index is 0.0160. The van der Waals surface area contributed by atoms with E-state index in [1.807, 2.05) is 0 Å². The van der Waals surface area contributed by atoms with Crippen molar-refractivity contribution in [3.05, 3.63) is 27.1 Å². The first-order chi connectivity index (χ1) is 8.40. The molecule has 0 aliphatic carbocycles. The first-order valence-electron chi connectivity index (χ1n) is 5.56. The van der Waals surface area contributed by atoms with Crippen molar-refractivity contribution < 1.29 is 9.72 Å². The van der Waals surface area contributed by atoms with Crippen molar-refractivity contribution in [2.75, 3.05) is 6.54 Å². The van der Waals surface area contributed by atoms with Crippen LogP contribution in [0.2, 0.25) is 0 Å². The van der Waals surface area contributed by atoms with E-state index in [0.29, 0.717) is 17.3 Å². The minimum Gasteiger partial charge on any atom is -0.350 e. The van der Waals surface area contributed by atoms with E-state index in [9.17, 15) is 14.9 Å². The summed E-state index contributed by atoms with van der Waals surface area (Å²) in [6, 6.07) is 2.82. The maximum atomic E-state index is 11.7. The van der Waals surface area contributed by atoms with Gasteiger partial charge in [0, 0.05) is 17.4 Å². The maximum absolute atomic E-state index is 11.7. The molecule has 0 saturated heterocycles. The SMILES string of the molecule is CC(C)CC(Br)CNC(=O)c1ccc([N+](=O)[O-])s1. The summed E-state index contributed by atoms with van der Waals surface area (Å²) in [5.74, 6) is 0.287. The second-order valence-corrected chi connectivity index (χ2v) is 6.69. The molecule has 1 N–H and O–H groups in total. The fourth-order valence-corrected chi connectivity index (χ4v) is 3.08. The van der Waals surface area contributed by atoms with E-state index in [-0.39, 0.29) is 15.7 Å². The number of halogens is 1. The van der Waals surface area contributed by atoms with E-state index >= 15 is 0 Å². The lowest BCUT2D eigenvalue weighted by molar-refractivity contribution is -0.380. The van der Waals surface area contributed by atoms with Crippen LogP contribution in [0.5, 0.6) is 0 Å². The maximum Gasteiger partial charge on any atom is 0.324 e. The predicted octanol–water partition coefficient (Wildman–Crippen LogP) is 3.20. The molecule has 1 atom stereocenters. The zero-order valence-corrected chi connectivity index (χ0v) is 12.6. The van der Waals surface area contributed by atoms with E-state index < -0.39 is 4.92 Å². The standard InChI is InChI=1S/C11H15BrN2O3S/c1-7(2)5-8(12)6-13-11(15)9-3-4-10(18-9)14(16)17/h3-4,7-8H,5-6H2,1-2H3,(H,13,15). The minimum atomic E-state index is -0.493. The molecule has 0 saturated carbocycles. The molecule has 0 aliphatic rings. The highest BCUT2D eigenvalue weighted by molar-refractivity contribution is 9.09. The molecule has 1 aromatic rings. The summed E-state index contributed by atoms with van der Waals surface area (Å²) in [4.78, 5) is 22.3. The number of thiophene rings is 1. The molecule has 0 bridgehead atoms. The molecular formula is C11H15BrN2O3S. The van der Waals surface area contributed by atoms with Gasteiger partial charge in [-0.3, -0.25) is 14.9 Å². The Hall–Kier alpha value is -0.950. The number of nitro groups is 1. The van der Waals surface area contributed by atoms with Gasteiger partial charge < -0.3 is 5.32 Å². The van der Waals surface area contributed by atoms with Crippen molar-refractivity contribution in [2.45, 2.75) is 25.1 Å². The van der Waals surface area contributed by atoms with Crippen molar-refractivity contribution in [3.63, 3.8) is 0 Å². The summed E-state index contributed by atoms with van der Waals surface area (Å²) in [6.45, 7) is 4.74. The number of alkyl halides is 1. The van der Waals surface area contributed by atoms with Crippen molar-refractivity contribution >= 4 is 38.2 Å². The number of hydrogen-bond donors (Lipinski definition) is 1. The Balaban J connectivity index is 2.47. The van der Waals surface area contributed by atoms with Crippen molar-refractivity contribution in [1.29, 1.82) is 0 Å². The summed E-state index contributed by atoms with van der Waals surface area (Å²) < 4.78 is 0. The molecule has 18 heavy (non-hydrogen) atoms. The molecule has 0 aliphatic heterocycles. The molecule has 0 radical (unpaired) electrons. The van der Waals surface area contributed by atoms with Gasteiger partial charge >= 0.3 is 5.00 Å². The summed E-state index contributed by atoms with van der Waals surface area (Å²) in [5, 5.41) is 13.2. The Morgan fingerprint density at radius 3 is 2.72 bits per heavy atom. The normalized spacial score (nSPS) is 12.4. The van der Waals surface area contributed by atoms with Gasteiger partial charge in [-0.1, -0.05) is 41.1 Å². The fourth-order valence-electron chi connectivity index (χ4n) is 1.43. The number of nitrogens with zero attached hydrogens (tertiary/aromatic N) is 1. The van der Waals surface area contributed by atoms with E-state index in [0.717, 1.165) is 17.8 Å². The lowest BCUT2D eigenvalue weighted by Gasteiger charge is -2.12. The van der Waals surface area contributed by atoms with Crippen LogP contribution in [-0.2, 0) is 0 Å². The first-order valence-corrected chi connectivity index (χ1v) is 7.30. The Bertz CT molecular complexity index is 434. The van der Waals surface area contributed by atoms with Gasteiger partial charge in [0.25, 0.3) is 5.91 Å². The van der Waals surface area contributed by atoms with Crippen LogP contribution in [0.3, 0.4) is 0 Å². The van der Waals surface area contributed by atoms with Gasteiger partial charge in [0.1, 0.15) is 0 Å². The van der Waals surface area contributed by atoms with Crippen molar-refractivity contribution in [3.8, 4) is 0 Å². The van der Waals surface area contributed by atoms with E-state index in [4.69, 9.17) is 0 Å². The second kappa shape index (κ2) is 6.84. The summed E-state index contributed by atoms with van der Waals surface area (Å²) in [5.41, 5.74) is 0. The summed E-state index contributed by atoms with van der Waals surface area (Å²) in [7, 11) is 0. The van der Waals surface area contributed by atoms with Crippen LogP contribution < -0.4 is 5.32 Å². The van der Waals surface area contributed by atoms with Gasteiger partial charge in [-0.2, -0.15) is 0 Å². The topological polar surface area (TPSA) is 72.2 Å². The molecule has 1 amide bonds. The largest absolute Gasteiger partial charge is 0.350 e. The Labute approximate surface area is 118 Å². The Kier molecular flexibility index (Phi) is 5.74. The monoisotopic (exact) mass is 334 g/mol. The average Bonchev–Trinajstić information content (AvgIpc) is 2.74. The van der Waals surface area contributed by atoms with Crippen LogP contribution in [0.1, 0.15) is 29.9 Å².